The van der Waals surface area contributed by atoms with Crippen molar-refractivity contribution in [1.82, 2.24) is 19.7 Å². The van der Waals surface area contributed by atoms with E-state index in [0.29, 0.717) is 22.4 Å². The Hall–Kier alpha value is -3.36. The highest BCUT2D eigenvalue weighted by Crippen LogP contribution is 2.52. The molecule has 0 saturated heterocycles. The van der Waals surface area contributed by atoms with Gasteiger partial charge in [-0.15, -0.1) is 0 Å². The van der Waals surface area contributed by atoms with Gasteiger partial charge in [0.05, 0.1) is 17.2 Å². The van der Waals surface area contributed by atoms with Gasteiger partial charge in [-0.05, 0) is 42.9 Å². The Labute approximate surface area is 174 Å². The summed E-state index contributed by atoms with van der Waals surface area (Å²) in [6.45, 7) is 3.89. The summed E-state index contributed by atoms with van der Waals surface area (Å²) in [7, 11) is 0. The topological polar surface area (TPSA) is 83.8 Å². The minimum Gasteiger partial charge on any atom is -0.479 e. The number of carboxylic acid groups (broad SMARTS) is 1. The van der Waals surface area contributed by atoms with Crippen molar-refractivity contribution >= 4 is 28.0 Å². The molecule has 3 heterocycles. The number of hydrogen-bond acceptors (Lipinski definition) is 3. The first-order valence-electron chi connectivity index (χ1n) is 9.95. The SMILES string of the molecule is CC(C)c1c(C2CC(F)(C(=O)O)C2)c2nc3[nH]ncc3cc2n1-c1ccc(F)c(F)c1. The molecule has 0 radical (unpaired) electrons. The van der Waals surface area contributed by atoms with Gasteiger partial charge in [0, 0.05) is 28.4 Å². The minimum atomic E-state index is -2.27. The zero-order valence-electron chi connectivity index (χ0n) is 16.8. The van der Waals surface area contributed by atoms with Crippen LogP contribution in [0.25, 0.3) is 27.8 Å². The average Bonchev–Trinajstić information content (AvgIpc) is 3.27. The fourth-order valence-electron chi connectivity index (χ4n) is 4.58. The van der Waals surface area contributed by atoms with E-state index in [9.17, 15) is 23.1 Å². The quantitative estimate of drug-likeness (QED) is 0.481. The highest BCUT2D eigenvalue weighted by atomic mass is 19.2. The summed E-state index contributed by atoms with van der Waals surface area (Å²) in [5.41, 5.74) is 1.40. The summed E-state index contributed by atoms with van der Waals surface area (Å²) in [4.78, 5) is 16.0. The summed E-state index contributed by atoms with van der Waals surface area (Å²) in [6.07, 6.45) is 1.28. The highest BCUT2D eigenvalue weighted by Gasteiger charge is 2.53. The summed E-state index contributed by atoms with van der Waals surface area (Å²) in [6, 6.07) is 5.49. The van der Waals surface area contributed by atoms with Crippen molar-refractivity contribution in [1.29, 1.82) is 0 Å². The normalized spacial score (nSPS) is 21.2. The maximum atomic E-state index is 14.6. The molecule has 4 aromatic rings. The molecule has 0 amide bonds. The van der Waals surface area contributed by atoms with Gasteiger partial charge in [-0.1, -0.05) is 13.8 Å². The van der Waals surface area contributed by atoms with E-state index in [1.807, 2.05) is 19.9 Å². The van der Waals surface area contributed by atoms with Crippen molar-refractivity contribution in [3.63, 3.8) is 0 Å². The zero-order chi connectivity index (χ0) is 22.1. The molecule has 1 fully saturated rings. The first-order valence-corrected chi connectivity index (χ1v) is 9.95. The maximum Gasteiger partial charge on any atom is 0.341 e. The minimum absolute atomic E-state index is 0.0757. The van der Waals surface area contributed by atoms with Crippen molar-refractivity contribution in [2.24, 2.45) is 0 Å². The number of alkyl halides is 1. The Balaban J connectivity index is 1.82. The molecule has 2 N–H and O–H groups in total. The summed E-state index contributed by atoms with van der Waals surface area (Å²) in [5.74, 6) is -3.84. The maximum absolute atomic E-state index is 14.6. The van der Waals surface area contributed by atoms with Crippen LogP contribution in [-0.2, 0) is 4.79 Å². The Morgan fingerprint density at radius 1 is 1.26 bits per heavy atom. The fourth-order valence-corrected chi connectivity index (χ4v) is 4.58. The molecule has 0 atom stereocenters. The van der Waals surface area contributed by atoms with Gasteiger partial charge >= 0.3 is 5.97 Å². The van der Waals surface area contributed by atoms with Gasteiger partial charge in [-0.25, -0.2) is 22.9 Å². The number of fused-ring (bicyclic) bond motifs is 2. The molecule has 0 bridgehead atoms. The second-order valence-electron chi connectivity index (χ2n) is 8.43. The van der Waals surface area contributed by atoms with Crippen molar-refractivity contribution in [2.45, 2.75) is 44.2 Å². The average molecular weight is 428 g/mol. The molecule has 0 spiro atoms. The van der Waals surface area contributed by atoms with Crippen LogP contribution in [-0.4, -0.2) is 36.5 Å². The van der Waals surface area contributed by atoms with E-state index in [4.69, 9.17) is 0 Å². The molecule has 1 aromatic carbocycles. The second-order valence-corrected chi connectivity index (χ2v) is 8.43. The Kier molecular flexibility index (Phi) is 4.15. The van der Waals surface area contributed by atoms with Gasteiger partial charge in [-0.2, -0.15) is 5.10 Å². The molecule has 5 rings (SSSR count). The predicted molar refractivity (Wildman–Crippen MR) is 108 cm³/mol. The molecule has 9 heteroatoms. The second kappa shape index (κ2) is 6.57. The number of carbonyl (C=O) groups is 1. The third-order valence-corrected chi connectivity index (χ3v) is 6.06. The smallest absolute Gasteiger partial charge is 0.341 e. The lowest BCUT2D eigenvalue weighted by molar-refractivity contribution is -0.158. The number of aliphatic carboxylic acids is 1. The molecule has 1 saturated carbocycles. The largest absolute Gasteiger partial charge is 0.479 e. The van der Waals surface area contributed by atoms with Gasteiger partial charge in [-0.3, -0.25) is 5.10 Å². The molecule has 1 aliphatic rings. The lowest BCUT2D eigenvalue weighted by Crippen LogP contribution is -2.45. The third kappa shape index (κ3) is 2.83. The van der Waals surface area contributed by atoms with E-state index >= 15 is 0 Å². The van der Waals surface area contributed by atoms with Crippen molar-refractivity contribution in [3.05, 3.63) is 53.4 Å². The van der Waals surface area contributed by atoms with Crippen LogP contribution in [0.3, 0.4) is 0 Å². The Morgan fingerprint density at radius 2 is 2.00 bits per heavy atom. The number of H-pyrrole nitrogens is 1. The highest BCUT2D eigenvalue weighted by molar-refractivity contribution is 5.94. The number of aromatic amines is 1. The van der Waals surface area contributed by atoms with Gasteiger partial charge in [0.25, 0.3) is 0 Å². The van der Waals surface area contributed by atoms with Crippen LogP contribution in [0, 0.1) is 11.6 Å². The van der Waals surface area contributed by atoms with Crippen LogP contribution >= 0.6 is 0 Å². The van der Waals surface area contributed by atoms with Crippen LogP contribution in [0.15, 0.2) is 30.5 Å². The number of nitrogens with one attached hydrogen (secondary N) is 1. The number of rotatable bonds is 4. The molecule has 0 unspecified atom stereocenters. The van der Waals surface area contributed by atoms with Gasteiger partial charge in [0.1, 0.15) is 0 Å². The van der Waals surface area contributed by atoms with E-state index in [2.05, 4.69) is 15.2 Å². The summed E-state index contributed by atoms with van der Waals surface area (Å²) >= 11 is 0. The monoisotopic (exact) mass is 428 g/mol. The van der Waals surface area contributed by atoms with Crippen molar-refractivity contribution in [2.75, 3.05) is 0 Å². The molecule has 0 aliphatic heterocycles. The predicted octanol–water partition coefficient (Wildman–Crippen LogP) is 4.97. The lowest BCUT2D eigenvalue weighted by Gasteiger charge is -2.38. The Morgan fingerprint density at radius 3 is 2.65 bits per heavy atom. The van der Waals surface area contributed by atoms with Crippen molar-refractivity contribution < 1.29 is 23.1 Å². The molecule has 3 aromatic heterocycles. The van der Waals surface area contributed by atoms with E-state index in [1.165, 1.54) is 6.07 Å². The van der Waals surface area contributed by atoms with E-state index in [0.717, 1.165) is 28.8 Å². The molecule has 160 valence electrons. The molecule has 6 nitrogen and oxygen atoms in total. The number of aromatic nitrogens is 4. The summed E-state index contributed by atoms with van der Waals surface area (Å²) in [5, 5.41) is 16.8. The Bertz CT molecular complexity index is 1350. The lowest BCUT2D eigenvalue weighted by atomic mass is 9.68. The zero-order valence-corrected chi connectivity index (χ0v) is 16.8. The number of nitrogens with zero attached hydrogens (tertiary/aromatic N) is 3. The van der Waals surface area contributed by atoms with Crippen LogP contribution in [0.4, 0.5) is 13.2 Å². The van der Waals surface area contributed by atoms with Crippen LogP contribution in [0.5, 0.6) is 0 Å². The number of halogens is 3. The van der Waals surface area contributed by atoms with E-state index < -0.39 is 23.3 Å². The number of pyridine rings is 1. The van der Waals surface area contributed by atoms with Gasteiger partial charge in [0.2, 0.25) is 5.67 Å². The van der Waals surface area contributed by atoms with Crippen LogP contribution in [0.1, 0.15) is 49.8 Å². The van der Waals surface area contributed by atoms with E-state index in [-0.39, 0.29) is 24.7 Å². The molecular formula is C22H19F3N4O2. The number of carboxylic acids is 1. The first-order chi connectivity index (χ1) is 14.7. The standard InChI is InChI=1S/C22H19F3N4O2/c1-10(2)19-17(12-7-22(25,8-12)21(30)31)18-16(5-11-9-26-28-20(11)27-18)29(19)13-3-4-14(23)15(24)6-13/h3-6,9-10,12H,7-8H2,1-2H3,(H,30,31)(H,26,27,28). The van der Waals surface area contributed by atoms with Gasteiger partial charge < -0.3 is 9.67 Å². The van der Waals surface area contributed by atoms with Crippen LogP contribution in [0.2, 0.25) is 0 Å². The van der Waals surface area contributed by atoms with E-state index in [1.54, 1.807) is 10.8 Å². The summed E-state index contributed by atoms with van der Waals surface area (Å²) < 4.78 is 44.1. The number of hydrogen-bond donors (Lipinski definition) is 2. The molecular weight excluding hydrogens is 409 g/mol. The number of benzene rings is 1. The van der Waals surface area contributed by atoms with Crippen molar-refractivity contribution in [3.8, 4) is 5.69 Å². The van der Waals surface area contributed by atoms with Crippen LogP contribution < -0.4 is 0 Å². The third-order valence-electron chi connectivity index (χ3n) is 6.06. The molecule has 31 heavy (non-hydrogen) atoms. The molecule has 1 aliphatic carbocycles. The fraction of sp³-hybridized carbons (Fsp3) is 0.318. The van der Waals surface area contributed by atoms with Gasteiger partial charge in [0.15, 0.2) is 17.3 Å². The first kappa shape index (κ1) is 19.6.